The Morgan fingerprint density at radius 3 is 1.62 bits per heavy atom. The Morgan fingerprint density at radius 1 is 0.923 bits per heavy atom. The second kappa shape index (κ2) is 5.13. The number of halogens is 6. The van der Waals surface area contributed by atoms with Crippen molar-refractivity contribution in [2.75, 3.05) is 5.33 Å². The standard InChI is InChI=1S/C7H4Br6/c8-2-1-7(13)5(11)3(9)4(10)6(7)12/h1-2H2. The summed E-state index contributed by atoms with van der Waals surface area (Å²) in [4.78, 5) is 0. The van der Waals surface area contributed by atoms with E-state index in [4.69, 9.17) is 0 Å². The van der Waals surface area contributed by atoms with E-state index in [1.54, 1.807) is 0 Å². The molecule has 0 nitrogen and oxygen atoms in total. The number of hydrogen-bond acceptors (Lipinski definition) is 0. The van der Waals surface area contributed by atoms with Gasteiger partial charge in [0, 0.05) is 23.3 Å². The number of hydrogen-bond donors (Lipinski definition) is 0. The SMILES string of the molecule is BrCCC1(Br)C(Br)=C(Br)C(Br)=C1Br. The zero-order valence-electron chi connectivity index (χ0n) is 6.18. The second-order valence-electron chi connectivity index (χ2n) is 2.50. The van der Waals surface area contributed by atoms with Crippen LogP contribution in [0.1, 0.15) is 6.42 Å². The minimum absolute atomic E-state index is 0.131. The lowest BCUT2D eigenvalue weighted by Crippen LogP contribution is -2.19. The Balaban J connectivity index is 3.14. The van der Waals surface area contributed by atoms with Crippen LogP contribution in [0.4, 0.5) is 0 Å². The molecule has 0 aromatic rings. The lowest BCUT2D eigenvalue weighted by molar-refractivity contribution is 0.854. The van der Waals surface area contributed by atoms with Gasteiger partial charge in [0.15, 0.2) is 0 Å². The first-order valence-electron chi connectivity index (χ1n) is 3.32. The Kier molecular flexibility index (Phi) is 5.29. The van der Waals surface area contributed by atoms with E-state index in [-0.39, 0.29) is 4.32 Å². The maximum Gasteiger partial charge on any atom is 0.0914 e. The van der Waals surface area contributed by atoms with Crippen LogP contribution in [-0.2, 0) is 0 Å². The van der Waals surface area contributed by atoms with Crippen molar-refractivity contribution in [2.24, 2.45) is 0 Å². The summed E-state index contributed by atoms with van der Waals surface area (Å²) < 4.78 is 4.19. The minimum Gasteiger partial charge on any atom is -0.0927 e. The molecule has 0 aromatic carbocycles. The highest BCUT2D eigenvalue weighted by Gasteiger charge is 2.41. The van der Waals surface area contributed by atoms with E-state index in [0.717, 1.165) is 29.7 Å². The third-order valence-corrected chi connectivity index (χ3v) is 9.69. The van der Waals surface area contributed by atoms with Crippen LogP contribution in [-0.4, -0.2) is 9.65 Å². The molecule has 0 saturated heterocycles. The zero-order valence-corrected chi connectivity index (χ0v) is 15.7. The molecule has 0 radical (unpaired) electrons. The van der Waals surface area contributed by atoms with Gasteiger partial charge in [-0.2, -0.15) is 0 Å². The molecule has 1 rings (SSSR count). The molecule has 0 aliphatic heterocycles. The summed E-state index contributed by atoms with van der Waals surface area (Å²) in [5.41, 5.74) is 0. The first-order chi connectivity index (χ1) is 5.95. The molecule has 6 heteroatoms. The summed E-state index contributed by atoms with van der Waals surface area (Å²) in [6.07, 6.45) is 0.971. The van der Waals surface area contributed by atoms with Crippen molar-refractivity contribution >= 4 is 95.6 Å². The van der Waals surface area contributed by atoms with Crippen LogP contribution in [0.15, 0.2) is 17.9 Å². The van der Waals surface area contributed by atoms with Crippen molar-refractivity contribution in [3.8, 4) is 0 Å². The minimum atomic E-state index is -0.131. The van der Waals surface area contributed by atoms with Gasteiger partial charge in [0.05, 0.1) is 4.32 Å². The van der Waals surface area contributed by atoms with Crippen molar-refractivity contribution < 1.29 is 0 Å². The van der Waals surface area contributed by atoms with Crippen molar-refractivity contribution in [1.29, 1.82) is 0 Å². The van der Waals surface area contributed by atoms with E-state index in [1.165, 1.54) is 0 Å². The molecule has 0 heterocycles. The lowest BCUT2D eigenvalue weighted by atomic mass is 10.1. The summed E-state index contributed by atoms with van der Waals surface area (Å²) in [5, 5.41) is 0.934. The summed E-state index contributed by atoms with van der Waals surface area (Å²) in [6, 6.07) is 0. The summed E-state index contributed by atoms with van der Waals surface area (Å²) in [7, 11) is 0. The maximum atomic E-state index is 3.72. The molecule has 1 aliphatic rings. The molecule has 74 valence electrons. The zero-order chi connectivity index (χ0) is 10.2. The van der Waals surface area contributed by atoms with Gasteiger partial charge < -0.3 is 0 Å². The fourth-order valence-electron chi connectivity index (χ4n) is 0.987. The largest absolute Gasteiger partial charge is 0.0927 e. The molecule has 0 amide bonds. The second-order valence-corrected chi connectivity index (χ2v) is 7.81. The molecule has 0 spiro atoms. The molecule has 0 N–H and O–H groups in total. The van der Waals surface area contributed by atoms with Gasteiger partial charge in [-0.15, -0.1) is 0 Å². The predicted molar refractivity (Wildman–Crippen MR) is 79.8 cm³/mol. The highest BCUT2D eigenvalue weighted by Crippen LogP contribution is 2.56. The van der Waals surface area contributed by atoms with E-state index in [0.29, 0.717) is 0 Å². The maximum absolute atomic E-state index is 3.72. The van der Waals surface area contributed by atoms with Crippen molar-refractivity contribution in [3.63, 3.8) is 0 Å². The van der Waals surface area contributed by atoms with Crippen LogP contribution in [0.2, 0.25) is 0 Å². The van der Waals surface area contributed by atoms with Crippen LogP contribution in [0.5, 0.6) is 0 Å². The van der Waals surface area contributed by atoms with Crippen molar-refractivity contribution in [3.05, 3.63) is 17.9 Å². The predicted octanol–water partition coefficient (Wildman–Crippen LogP) is 5.92. The molecule has 0 aromatic heterocycles. The Hall–Kier alpha value is 2.36. The van der Waals surface area contributed by atoms with Crippen LogP contribution in [0, 0.1) is 0 Å². The molecule has 0 fully saturated rings. The van der Waals surface area contributed by atoms with E-state index >= 15 is 0 Å². The van der Waals surface area contributed by atoms with Gasteiger partial charge >= 0.3 is 0 Å². The van der Waals surface area contributed by atoms with Crippen LogP contribution in [0.3, 0.4) is 0 Å². The first-order valence-corrected chi connectivity index (χ1v) is 8.40. The fourth-order valence-corrected chi connectivity index (χ4v) is 6.30. The van der Waals surface area contributed by atoms with E-state index in [1.807, 2.05) is 0 Å². The summed E-state index contributed by atoms with van der Waals surface area (Å²) in [6.45, 7) is 0. The van der Waals surface area contributed by atoms with Gasteiger partial charge in [-0.1, -0.05) is 63.7 Å². The van der Waals surface area contributed by atoms with Gasteiger partial charge in [-0.05, 0) is 38.3 Å². The summed E-state index contributed by atoms with van der Waals surface area (Å²) in [5.74, 6) is 0. The highest BCUT2D eigenvalue weighted by molar-refractivity contribution is 9.18. The average molecular weight is 568 g/mol. The van der Waals surface area contributed by atoms with Gasteiger partial charge in [0.25, 0.3) is 0 Å². The molecular formula is C7H4Br6. The molecule has 0 saturated carbocycles. The Morgan fingerprint density at radius 2 is 1.31 bits per heavy atom. The van der Waals surface area contributed by atoms with Gasteiger partial charge in [-0.3, -0.25) is 0 Å². The van der Waals surface area contributed by atoms with Gasteiger partial charge in [0.1, 0.15) is 0 Å². The quantitative estimate of drug-likeness (QED) is 0.364. The van der Waals surface area contributed by atoms with Crippen LogP contribution in [0.25, 0.3) is 0 Å². The topological polar surface area (TPSA) is 0 Å². The smallest absolute Gasteiger partial charge is 0.0914 e. The normalized spacial score (nSPS) is 21.7. The van der Waals surface area contributed by atoms with Crippen molar-refractivity contribution in [2.45, 2.75) is 10.7 Å². The molecule has 0 unspecified atom stereocenters. The Labute approximate surface area is 128 Å². The van der Waals surface area contributed by atoms with Gasteiger partial charge in [0.2, 0.25) is 0 Å². The van der Waals surface area contributed by atoms with Crippen molar-refractivity contribution in [1.82, 2.24) is 0 Å². The third-order valence-electron chi connectivity index (χ3n) is 1.71. The molecular weight excluding hydrogens is 564 g/mol. The number of allylic oxidation sites excluding steroid dienone is 4. The fraction of sp³-hybridized carbons (Fsp3) is 0.429. The third kappa shape index (κ3) is 2.38. The molecule has 0 atom stereocenters. The van der Waals surface area contributed by atoms with E-state index in [2.05, 4.69) is 95.6 Å². The van der Waals surface area contributed by atoms with Crippen LogP contribution < -0.4 is 0 Å². The monoisotopic (exact) mass is 562 g/mol. The van der Waals surface area contributed by atoms with Gasteiger partial charge in [-0.25, -0.2) is 0 Å². The molecule has 0 bridgehead atoms. The summed E-state index contributed by atoms with van der Waals surface area (Å²) >= 11 is 21.3. The average Bonchev–Trinajstić information content (AvgIpc) is 2.23. The lowest BCUT2D eigenvalue weighted by Gasteiger charge is -2.22. The van der Waals surface area contributed by atoms with Crippen LogP contribution >= 0.6 is 95.6 Å². The van der Waals surface area contributed by atoms with E-state index in [9.17, 15) is 0 Å². The molecule has 1 aliphatic carbocycles. The number of rotatable bonds is 2. The Bertz CT molecular complexity index is 265. The highest BCUT2D eigenvalue weighted by atomic mass is 79.9. The number of alkyl halides is 2. The van der Waals surface area contributed by atoms with E-state index < -0.39 is 0 Å². The molecule has 13 heavy (non-hydrogen) atoms. The first kappa shape index (κ1) is 13.4.